The molecule has 2 N–H and O–H groups in total. The van der Waals surface area contributed by atoms with Crippen LogP contribution in [0.5, 0.6) is 0 Å². The minimum absolute atomic E-state index is 0.353. The molecule has 1 saturated heterocycles. The van der Waals surface area contributed by atoms with Gasteiger partial charge < -0.3 is 10.6 Å². The van der Waals surface area contributed by atoms with E-state index in [1.165, 1.54) is 25.7 Å². The Morgan fingerprint density at radius 3 is 2.41 bits per heavy atom. The molecule has 0 bridgehead atoms. The van der Waals surface area contributed by atoms with Crippen molar-refractivity contribution in [3.8, 4) is 0 Å². The molecule has 0 aromatic rings. The summed E-state index contributed by atoms with van der Waals surface area (Å²) < 4.78 is 11.4. The van der Waals surface area contributed by atoms with Crippen LogP contribution in [-0.2, 0) is 10.8 Å². The molecule has 2 rings (SSSR count). The Morgan fingerprint density at radius 2 is 1.88 bits per heavy atom. The highest BCUT2D eigenvalue weighted by Crippen LogP contribution is 2.38. The largest absolute Gasteiger partial charge is 0.330 e. The van der Waals surface area contributed by atoms with E-state index in [4.69, 9.17) is 5.73 Å². The summed E-state index contributed by atoms with van der Waals surface area (Å²) in [6.07, 6.45) is 5.22. The van der Waals surface area contributed by atoms with Gasteiger partial charge in [0.25, 0.3) is 0 Å². The van der Waals surface area contributed by atoms with Gasteiger partial charge in [0.15, 0.2) is 0 Å². The molecule has 0 aromatic carbocycles. The topological polar surface area (TPSA) is 46.3 Å². The van der Waals surface area contributed by atoms with Crippen LogP contribution in [0.25, 0.3) is 0 Å². The molecule has 1 aliphatic heterocycles. The van der Waals surface area contributed by atoms with Crippen molar-refractivity contribution in [2.75, 3.05) is 37.7 Å². The first-order valence-corrected chi connectivity index (χ1v) is 8.40. The summed E-state index contributed by atoms with van der Waals surface area (Å²) in [5.74, 6) is 2.59. The van der Waals surface area contributed by atoms with Gasteiger partial charge in [-0.1, -0.05) is 19.8 Å². The second-order valence-corrected chi connectivity index (χ2v) is 7.71. The van der Waals surface area contributed by atoms with Crippen LogP contribution in [-0.4, -0.2) is 46.8 Å². The average molecular weight is 258 g/mol. The number of hydrogen-bond acceptors (Lipinski definition) is 3. The number of nitrogens with zero attached hydrogens (tertiary/aromatic N) is 1. The maximum Gasteiger partial charge on any atom is 0.0363 e. The fraction of sp³-hybridized carbons (Fsp3) is 1.00. The van der Waals surface area contributed by atoms with Gasteiger partial charge in [-0.15, -0.1) is 0 Å². The van der Waals surface area contributed by atoms with E-state index in [2.05, 4.69) is 11.8 Å². The lowest BCUT2D eigenvalue weighted by Gasteiger charge is -2.43. The predicted molar refractivity (Wildman–Crippen MR) is 73.4 cm³/mol. The first kappa shape index (κ1) is 13.5. The van der Waals surface area contributed by atoms with E-state index in [9.17, 15) is 4.21 Å². The Kier molecular flexibility index (Phi) is 4.61. The SMILES string of the molecule is CC1CCC(CN)(CN2CCS(=O)CC2)CC1. The van der Waals surface area contributed by atoms with E-state index >= 15 is 0 Å². The highest BCUT2D eigenvalue weighted by atomic mass is 32.2. The smallest absolute Gasteiger partial charge is 0.0363 e. The summed E-state index contributed by atoms with van der Waals surface area (Å²) in [4.78, 5) is 2.49. The lowest BCUT2D eigenvalue weighted by molar-refractivity contribution is 0.0998. The summed E-state index contributed by atoms with van der Waals surface area (Å²) >= 11 is 0. The second kappa shape index (κ2) is 5.81. The Labute approximate surface area is 108 Å². The van der Waals surface area contributed by atoms with Crippen molar-refractivity contribution < 1.29 is 4.21 Å². The van der Waals surface area contributed by atoms with E-state index in [-0.39, 0.29) is 0 Å². The molecule has 1 heterocycles. The number of nitrogens with two attached hydrogens (primary N) is 1. The number of rotatable bonds is 3. The highest BCUT2D eigenvalue weighted by Gasteiger charge is 2.35. The molecule has 4 heteroatoms. The van der Waals surface area contributed by atoms with Crippen LogP contribution in [0.3, 0.4) is 0 Å². The van der Waals surface area contributed by atoms with Crippen LogP contribution >= 0.6 is 0 Å². The van der Waals surface area contributed by atoms with Crippen LogP contribution in [0, 0.1) is 11.3 Å². The van der Waals surface area contributed by atoms with Crippen molar-refractivity contribution in [1.82, 2.24) is 4.90 Å². The van der Waals surface area contributed by atoms with E-state index in [1.54, 1.807) is 0 Å². The van der Waals surface area contributed by atoms with E-state index in [0.29, 0.717) is 5.41 Å². The maximum atomic E-state index is 11.4. The molecule has 1 saturated carbocycles. The fourth-order valence-electron chi connectivity index (χ4n) is 3.11. The Hall–Kier alpha value is 0.0700. The quantitative estimate of drug-likeness (QED) is 0.827. The van der Waals surface area contributed by atoms with Gasteiger partial charge in [0.1, 0.15) is 0 Å². The minimum atomic E-state index is -0.562. The molecule has 0 amide bonds. The average Bonchev–Trinajstić information content (AvgIpc) is 2.35. The van der Waals surface area contributed by atoms with Crippen molar-refractivity contribution in [2.24, 2.45) is 17.1 Å². The van der Waals surface area contributed by atoms with Crippen LogP contribution < -0.4 is 5.73 Å². The second-order valence-electron chi connectivity index (χ2n) is 6.01. The lowest BCUT2D eigenvalue weighted by atomic mass is 9.70. The first-order valence-electron chi connectivity index (χ1n) is 6.91. The van der Waals surface area contributed by atoms with Gasteiger partial charge in [-0.3, -0.25) is 4.21 Å². The van der Waals surface area contributed by atoms with Crippen LogP contribution in [0.4, 0.5) is 0 Å². The van der Waals surface area contributed by atoms with Crippen LogP contribution in [0.2, 0.25) is 0 Å². The third kappa shape index (κ3) is 3.52. The molecule has 100 valence electrons. The Bertz CT molecular complexity index is 265. The molecule has 3 nitrogen and oxygen atoms in total. The monoisotopic (exact) mass is 258 g/mol. The zero-order chi connectivity index (χ0) is 12.3. The highest BCUT2D eigenvalue weighted by molar-refractivity contribution is 7.85. The van der Waals surface area contributed by atoms with Crippen molar-refractivity contribution in [2.45, 2.75) is 32.6 Å². The molecule has 1 aliphatic carbocycles. The molecule has 0 aromatic heterocycles. The molecule has 0 radical (unpaired) electrons. The zero-order valence-electron chi connectivity index (χ0n) is 11.0. The van der Waals surface area contributed by atoms with Crippen molar-refractivity contribution >= 4 is 10.8 Å². The van der Waals surface area contributed by atoms with Gasteiger partial charge in [0.2, 0.25) is 0 Å². The summed E-state index contributed by atoms with van der Waals surface area (Å²) in [6.45, 7) is 6.31. The summed E-state index contributed by atoms with van der Waals surface area (Å²) in [6, 6.07) is 0. The van der Waals surface area contributed by atoms with Gasteiger partial charge in [-0.25, -0.2) is 0 Å². The van der Waals surface area contributed by atoms with E-state index < -0.39 is 10.8 Å². The maximum absolute atomic E-state index is 11.4. The molecule has 2 aliphatic rings. The predicted octanol–water partition coefficient (Wildman–Crippen LogP) is 1.21. The van der Waals surface area contributed by atoms with Gasteiger partial charge >= 0.3 is 0 Å². The molecular weight excluding hydrogens is 232 g/mol. The molecule has 0 unspecified atom stereocenters. The van der Waals surface area contributed by atoms with Crippen LogP contribution in [0.1, 0.15) is 32.6 Å². The first-order chi connectivity index (χ1) is 8.13. The summed E-state index contributed by atoms with van der Waals surface area (Å²) in [5, 5.41) is 0. The summed E-state index contributed by atoms with van der Waals surface area (Å²) in [7, 11) is -0.562. The van der Waals surface area contributed by atoms with Gasteiger partial charge in [-0.2, -0.15) is 0 Å². The molecule has 0 atom stereocenters. The molecule has 17 heavy (non-hydrogen) atoms. The lowest BCUT2D eigenvalue weighted by Crippen LogP contribution is -2.48. The van der Waals surface area contributed by atoms with Gasteiger partial charge in [-0.05, 0) is 30.7 Å². The van der Waals surface area contributed by atoms with E-state index in [0.717, 1.165) is 43.6 Å². The fourth-order valence-corrected chi connectivity index (χ4v) is 4.24. The van der Waals surface area contributed by atoms with Crippen molar-refractivity contribution in [1.29, 1.82) is 0 Å². The molecule has 2 fully saturated rings. The van der Waals surface area contributed by atoms with Crippen molar-refractivity contribution in [3.05, 3.63) is 0 Å². The van der Waals surface area contributed by atoms with Gasteiger partial charge in [0.05, 0.1) is 0 Å². The Morgan fingerprint density at radius 1 is 1.29 bits per heavy atom. The zero-order valence-corrected chi connectivity index (χ0v) is 11.8. The summed E-state index contributed by atoms with van der Waals surface area (Å²) in [5.41, 5.74) is 6.39. The standard InChI is InChI=1S/C13H26N2OS/c1-12-2-4-13(10-14,5-3-12)11-15-6-8-17(16)9-7-15/h12H,2-11,14H2,1H3. The third-order valence-electron chi connectivity index (χ3n) is 4.60. The van der Waals surface area contributed by atoms with Crippen molar-refractivity contribution in [3.63, 3.8) is 0 Å². The molecule has 0 spiro atoms. The minimum Gasteiger partial charge on any atom is -0.330 e. The third-order valence-corrected chi connectivity index (χ3v) is 5.87. The van der Waals surface area contributed by atoms with Gasteiger partial charge in [0, 0.05) is 41.9 Å². The molecular formula is C13H26N2OS. The van der Waals surface area contributed by atoms with E-state index in [1.807, 2.05) is 0 Å². The normalized spacial score (nSPS) is 37.2. The Balaban J connectivity index is 1.88. The van der Waals surface area contributed by atoms with Crippen LogP contribution in [0.15, 0.2) is 0 Å². The number of hydrogen-bond donors (Lipinski definition) is 1.